The lowest BCUT2D eigenvalue weighted by Crippen LogP contribution is -2.44. The lowest BCUT2D eigenvalue weighted by Gasteiger charge is -2.36. The summed E-state index contributed by atoms with van der Waals surface area (Å²) in [6.07, 6.45) is 0.0451. The minimum Gasteiger partial charge on any atom is -0.437 e. The van der Waals surface area contributed by atoms with Crippen LogP contribution in [0.15, 0.2) is 52.3 Å². The molecule has 1 aromatic carbocycles. The molecule has 194 valence electrons. The molecule has 2 aliphatic rings. The van der Waals surface area contributed by atoms with Crippen LogP contribution in [0.5, 0.6) is 0 Å². The van der Waals surface area contributed by atoms with Crippen molar-refractivity contribution in [3.05, 3.63) is 69.5 Å². The second kappa shape index (κ2) is 9.55. The molecule has 0 radical (unpaired) electrons. The Kier molecular flexibility index (Phi) is 6.41. The second-order valence-corrected chi connectivity index (χ2v) is 9.51. The average molecular weight is 535 g/mol. The van der Waals surface area contributed by atoms with Crippen molar-refractivity contribution in [3.8, 4) is 0 Å². The van der Waals surface area contributed by atoms with Crippen molar-refractivity contribution in [1.29, 1.82) is 0 Å². The molecule has 2 aromatic heterocycles. The summed E-state index contributed by atoms with van der Waals surface area (Å²) in [4.78, 5) is 22.9. The van der Waals surface area contributed by atoms with Crippen LogP contribution in [-0.2, 0) is 15.0 Å². The number of likely N-dealkylation sites (tertiary alicyclic amines) is 1. The Balaban J connectivity index is 1.62. The molecule has 0 unspecified atom stereocenters. The van der Waals surface area contributed by atoms with E-state index in [1.165, 1.54) is 40.5 Å². The number of rotatable bonds is 6. The second-order valence-electron chi connectivity index (χ2n) is 8.62. The Bertz CT molecular complexity index is 1330. The van der Waals surface area contributed by atoms with E-state index in [4.69, 9.17) is 14.5 Å². The predicted octanol–water partition coefficient (Wildman–Crippen LogP) is 3.14. The lowest BCUT2D eigenvalue weighted by molar-refractivity contribution is 0.0124. The number of H-pyrrole nitrogens is 1. The molecular weight excluding hydrogens is 513 g/mol. The third-order valence-corrected chi connectivity index (χ3v) is 6.88. The molecule has 11 nitrogen and oxygen atoms in total. The SMILES string of the molecule is COC(=O)OC1=C(CN2CC(F)(F)C[C@H]2c2nn[nH]n2)NC(c2nccs2)=N[C@@]1(C)c1ccc(F)cc1. The van der Waals surface area contributed by atoms with E-state index < -0.39 is 42.4 Å². The van der Waals surface area contributed by atoms with Crippen molar-refractivity contribution >= 4 is 23.3 Å². The summed E-state index contributed by atoms with van der Waals surface area (Å²) in [5.41, 5.74) is -0.612. The Labute approximate surface area is 212 Å². The number of carbonyl (C=O) groups is 1. The van der Waals surface area contributed by atoms with Gasteiger partial charge >= 0.3 is 6.16 Å². The van der Waals surface area contributed by atoms with Crippen molar-refractivity contribution in [2.75, 3.05) is 20.2 Å². The van der Waals surface area contributed by atoms with Crippen LogP contribution in [0.2, 0.25) is 0 Å². The number of amidine groups is 1. The van der Waals surface area contributed by atoms with Crippen LogP contribution < -0.4 is 5.32 Å². The number of aromatic nitrogens is 5. The van der Waals surface area contributed by atoms with Gasteiger partial charge in [-0.25, -0.2) is 27.9 Å². The van der Waals surface area contributed by atoms with Gasteiger partial charge in [0.2, 0.25) is 0 Å². The first-order valence-electron chi connectivity index (χ1n) is 11.1. The molecule has 4 heterocycles. The highest BCUT2D eigenvalue weighted by atomic mass is 32.1. The van der Waals surface area contributed by atoms with Gasteiger partial charge < -0.3 is 14.8 Å². The predicted molar refractivity (Wildman–Crippen MR) is 124 cm³/mol. The number of hydrogen-bond donors (Lipinski definition) is 2. The van der Waals surface area contributed by atoms with E-state index in [9.17, 15) is 18.0 Å². The first kappa shape index (κ1) is 24.8. The fourth-order valence-corrected chi connectivity index (χ4v) is 5.00. The molecule has 1 saturated heterocycles. The van der Waals surface area contributed by atoms with E-state index in [2.05, 4.69) is 30.9 Å². The van der Waals surface area contributed by atoms with E-state index in [0.717, 1.165) is 7.11 Å². The van der Waals surface area contributed by atoms with Gasteiger partial charge in [0.1, 0.15) is 11.4 Å². The molecule has 0 spiro atoms. The van der Waals surface area contributed by atoms with Gasteiger partial charge in [0.25, 0.3) is 5.92 Å². The van der Waals surface area contributed by atoms with Crippen molar-refractivity contribution in [2.45, 2.75) is 30.8 Å². The number of aromatic amines is 1. The van der Waals surface area contributed by atoms with Gasteiger partial charge in [-0.05, 0) is 24.6 Å². The number of hydrogen-bond acceptors (Lipinski definition) is 11. The average Bonchev–Trinajstić information content (AvgIpc) is 3.63. The van der Waals surface area contributed by atoms with Crippen molar-refractivity contribution in [1.82, 2.24) is 35.8 Å². The molecule has 1 fully saturated rings. The van der Waals surface area contributed by atoms with Gasteiger partial charge in [-0.2, -0.15) is 5.21 Å². The fourth-order valence-electron chi connectivity index (χ4n) is 4.42. The molecule has 15 heteroatoms. The van der Waals surface area contributed by atoms with Crippen LogP contribution in [-0.4, -0.2) is 68.6 Å². The summed E-state index contributed by atoms with van der Waals surface area (Å²) in [5.74, 6) is -3.04. The zero-order chi connectivity index (χ0) is 26.2. The minimum atomic E-state index is -3.02. The topological polar surface area (TPSA) is 131 Å². The number of carbonyl (C=O) groups excluding carboxylic acids is 1. The molecule has 3 aromatic rings. The maximum Gasteiger partial charge on any atom is 0.513 e. The molecule has 2 N–H and O–H groups in total. The summed E-state index contributed by atoms with van der Waals surface area (Å²) in [6.45, 7) is 0.949. The van der Waals surface area contributed by atoms with Gasteiger partial charge in [0.05, 0.1) is 25.4 Å². The summed E-state index contributed by atoms with van der Waals surface area (Å²) < 4.78 is 53.2. The number of ether oxygens (including phenoxy) is 2. The first-order valence-corrected chi connectivity index (χ1v) is 11.9. The third-order valence-electron chi connectivity index (χ3n) is 6.10. The Hall–Kier alpha value is -3.85. The molecule has 0 amide bonds. The molecule has 5 rings (SSSR count). The summed E-state index contributed by atoms with van der Waals surface area (Å²) in [5, 5.41) is 19.0. The number of benzene rings is 1. The van der Waals surface area contributed by atoms with Gasteiger partial charge in [0, 0.05) is 24.5 Å². The van der Waals surface area contributed by atoms with Gasteiger partial charge in [-0.15, -0.1) is 21.5 Å². The number of methoxy groups -OCH3 is 1. The monoisotopic (exact) mass is 534 g/mol. The molecule has 0 saturated carbocycles. The van der Waals surface area contributed by atoms with E-state index in [1.54, 1.807) is 18.5 Å². The van der Waals surface area contributed by atoms with Crippen LogP contribution >= 0.6 is 11.3 Å². The molecule has 2 atom stereocenters. The van der Waals surface area contributed by atoms with Crippen LogP contribution in [0.4, 0.5) is 18.0 Å². The molecule has 37 heavy (non-hydrogen) atoms. The van der Waals surface area contributed by atoms with Crippen LogP contribution in [0, 0.1) is 5.82 Å². The summed E-state index contributed by atoms with van der Waals surface area (Å²) >= 11 is 1.31. The smallest absolute Gasteiger partial charge is 0.437 e. The van der Waals surface area contributed by atoms with E-state index in [-0.39, 0.29) is 23.8 Å². The zero-order valence-corrected chi connectivity index (χ0v) is 20.4. The third kappa shape index (κ3) is 4.91. The van der Waals surface area contributed by atoms with Crippen LogP contribution in [0.25, 0.3) is 0 Å². The molecular formula is C22H21F3N8O3S. The minimum absolute atomic E-state index is 0.00772. The van der Waals surface area contributed by atoms with E-state index in [1.807, 2.05) is 0 Å². The normalized spacial score (nSPS) is 23.5. The Morgan fingerprint density at radius 3 is 2.73 bits per heavy atom. The highest BCUT2D eigenvalue weighted by molar-refractivity contribution is 7.11. The number of nitrogens with zero attached hydrogens (tertiary/aromatic N) is 6. The van der Waals surface area contributed by atoms with Gasteiger partial charge in [-0.3, -0.25) is 4.90 Å². The number of nitrogens with one attached hydrogen (secondary N) is 2. The molecule has 0 aliphatic carbocycles. The maximum atomic E-state index is 14.6. The van der Waals surface area contributed by atoms with Crippen molar-refractivity contribution in [2.24, 2.45) is 4.99 Å². The van der Waals surface area contributed by atoms with Crippen molar-refractivity contribution < 1.29 is 27.4 Å². The van der Waals surface area contributed by atoms with Crippen molar-refractivity contribution in [3.63, 3.8) is 0 Å². The number of aliphatic imine (C=N–C) groups is 1. The van der Waals surface area contributed by atoms with Crippen LogP contribution in [0.3, 0.4) is 0 Å². The fraction of sp³-hybridized carbons (Fsp3) is 0.364. The number of thiazole rings is 1. The van der Waals surface area contributed by atoms with E-state index >= 15 is 0 Å². The quantitative estimate of drug-likeness (QED) is 0.458. The number of halogens is 3. The molecule has 2 aliphatic heterocycles. The zero-order valence-electron chi connectivity index (χ0n) is 19.6. The standard InChI is InChI=1S/C22H21F3N8O3S/c1-21(12-3-5-13(23)6-4-12)16(36-20(34)35-2)14(27-18(28-21)19-26-7-8-37-19)10-33-11-22(24,25)9-15(33)17-29-31-32-30-17/h3-8,15H,9-11H2,1-2H3,(H,27,28)(H,29,30,31,32)/t15-,21-/m0/s1. The maximum absolute atomic E-state index is 14.6. The number of alkyl halides is 2. The van der Waals surface area contributed by atoms with Gasteiger partial charge in [0.15, 0.2) is 22.4 Å². The Morgan fingerprint density at radius 2 is 2.08 bits per heavy atom. The lowest BCUT2D eigenvalue weighted by atomic mass is 9.88. The summed E-state index contributed by atoms with van der Waals surface area (Å²) in [7, 11) is 1.14. The molecule has 0 bridgehead atoms. The van der Waals surface area contributed by atoms with E-state index in [0.29, 0.717) is 16.4 Å². The Morgan fingerprint density at radius 1 is 1.30 bits per heavy atom. The van der Waals surface area contributed by atoms with Crippen LogP contribution in [0.1, 0.15) is 35.8 Å². The largest absolute Gasteiger partial charge is 0.513 e. The highest BCUT2D eigenvalue weighted by Gasteiger charge is 2.49. The highest BCUT2D eigenvalue weighted by Crippen LogP contribution is 2.43. The van der Waals surface area contributed by atoms with Gasteiger partial charge in [-0.1, -0.05) is 17.3 Å². The summed E-state index contributed by atoms with van der Waals surface area (Å²) in [6, 6.07) is 4.66. The number of tetrazole rings is 1. The first-order chi connectivity index (χ1) is 17.7.